The smallest absolute Gasteiger partial charge is 0.305 e. The summed E-state index contributed by atoms with van der Waals surface area (Å²) in [7, 11) is 0. The Bertz CT molecular complexity index is 1010. The fraction of sp³-hybridized carbons (Fsp3) is 0.111. The van der Waals surface area contributed by atoms with Gasteiger partial charge >= 0.3 is 5.91 Å². The largest absolute Gasteiger partial charge is 0.486 e. The molecule has 144 valence electrons. The highest BCUT2D eigenvalue weighted by molar-refractivity contribution is 7.14. The van der Waals surface area contributed by atoms with E-state index in [-0.39, 0.29) is 22.9 Å². The van der Waals surface area contributed by atoms with Crippen molar-refractivity contribution in [1.82, 2.24) is 10.9 Å². The van der Waals surface area contributed by atoms with Crippen LogP contribution in [-0.2, 0) is 6.61 Å². The molecule has 3 rings (SSSR count). The lowest BCUT2D eigenvalue weighted by atomic mass is 10.3. The summed E-state index contributed by atoms with van der Waals surface area (Å²) < 4.78 is 10.9. The van der Waals surface area contributed by atoms with Crippen LogP contribution in [0.1, 0.15) is 30.9 Å². The third-order valence-corrected chi connectivity index (χ3v) is 4.65. The molecular formula is C18H15N3O6S. The van der Waals surface area contributed by atoms with E-state index in [0.29, 0.717) is 16.4 Å². The van der Waals surface area contributed by atoms with Gasteiger partial charge in [-0.1, -0.05) is 18.2 Å². The highest BCUT2D eigenvalue weighted by atomic mass is 32.1. The molecule has 0 spiro atoms. The molecule has 0 saturated carbocycles. The van der Waals surface area contributed by atoms with Crippen LogP contribution in [0, 0.1) is 17.0 Å². The number of nitrogens with zero attached hydrogens (tertiary/aromatic N) is 1. The number of carbonyl (C=O) groups excluding carboxylic acids is 2. The van der Waals surface area contributed by atoms with E-state index >= 15 is 0 Å². The van der Waals surface area contributed by atoms with Crippen LogP contribution in [-0.4, -0.2) is 16.7 Å². The van der Waals surface area contributed by atoms with Crippen LogP contribution in [0.2, 0.25) is 0 Å². The van der Waals surface area contributed by atoms with E-state index in [1.165, 1.54) is 6.07 Å². The first-order chi connectivity index (χ1) is 13.4. The molecule has 0 bridgehead atoms. The number of thiophene rings is 1. The summed E-state index contributed by atoms with van der Waals surface area (Å²) in [6.45, 7) is 1.68. The molecule has 28 heavy (non-hydrogen) atoms. The summed E-state index contributed by atoms with van der Waals surface area (Å²) in [4.78, 5) is 34.9. The third kappa shape index (κ3) is 4.54. The Morgan fingerprint density at radius 1 is 1.14 bits per heavy atom. The number of aryl methyl sites for hydroxylation is 1. The summed E-state index contributed by atoms with van der Waals surface area (Å²) in [5.41, 5.74) is 4.26. The van der Waals surface area contributed by atoms with Gasteiger partial charge < -0.3 is 9.15 Å². The predicted octanol–water partition coefficient (Wildman–Crippen LogP) is 3.21. The van der Waals surface area contributed by atoms with Gasteiger partial charge in [0.15, 0.2) is 5.76 Å². The number of rotatable bonds is 6. The number of nitrogens with one attached hydrogen (secondary N) is 2. The Labute approximate surface area is 163 Å². The molecule has 0 radical (unpaired) electrons. The van der Waals surface area contributed by atoms with Gasteiger partial charge in [0.2, 0.25) is 0 Å². The molecule has 2 heterocycles. The predicted molar refractivity (Wildman–Crippen MR) is 100 cm³/mol. The molecule has 2 aromatic heterocycles. The lowest BCUT2D eigenvalue weighted by molar-refractivity contribution is -0.385. The van der Waals surface area contributed by atoms with Gasteiger partial charge in [0.25, 0.3) is 11.6 Å². The fourth-order valence-corrected chi connectivity index (χ4v) is 3.13. The van der Waals surface area contributed by atoms with Crippen molar-refractivity contribution < 1.29 is 23.7 Å². The zero-order valence-corrected chi connectivity index (χ0v) is 15.4. The summed E-state index contributed by atoms with van der Waals surface area (Å²) in [5.74, 6) is -0.238. The zero-order chi connectivity index (χ0) is 20.1. The minimum atomic E-state index is -0.665. The summed E-state index contributed by atoms with van der Waals surface area (Å²) in [6.07, 6.45) is 0. The maximum atomic E-state index is 12.1. The van der Waals surface area contributed by atoms with Crippen molar-refractivity contribution >= 4 is 28.8 Å². The second-order valence-corrected chi connectivity index (χ2v) is 6.84. The molecule has 9 nitrogen and oxygen atoms in total. The Morgan fingerprint density at radius 3 is 2.54 bits per heavy atom. The molecule has 0 aliphatic rings. The first kappa shape index (κ1) is 19.1. The van der Waals surface area contributed by atoms with Gasteiger partial charge in [-0.15, -0.1) is 11.3 Å². The maximum Gasteiger partial charge on any atom is 0.305 e. The minimum absolute atomic E-state index is 0.0136. The van der Waals surface area contributed by atoms with Crippen LogP contribution >= 0.6 is 11.3 Å². The highest BCUT2D eigenvalue weighted by Crippen LogP contribution is 2.27. The number of nitro groups is 1. The van der Waals surface area contributed by atoms with Crippen LogP contribution in [0.5, 0.6) is 5.75 Å². The average Bonchev–Trinajstić information content (AvgIpc) is 3.32. The van der Waals surface area contributed by atoms with Gasteiger partial charge in [-0.3, -0.25) is 30.6 Å². The second-order valence-electron chi connectivity index (χ2n) is 5.59. The van der Waals surface area contributed by atoms with E-state index in [9.17, 15) is 19.7 Å². The van der Waals surface area contributed by atoms with Crippen LogP contribution in [0.4, 0.5) is 5.69 Å². The summed E-state index contributed by atoms with van der Waals surface area (Å²) in [5, 5.41) is 10.8. The van der Waals surface area contributed by atoms with Crippen LogP contribution in [0.15, 0.2) is 52.9 Å². The lowest BCUT2D eigenvalue weighted by Gasteiger charge is -2.05. The fourth-order valence-electron chi connectivity index (χ4n) is 2.25. The van der Waals surface area contributed by atoms with E-state index in [2.05, 4.69) is 10.9 Å². The molecule has 3 aromatic rings. The number of hydrogen-bond donors (Lipinski definition) is 2. The number of carbonyl (C=O) groups is 2. The van der Waals surface area contributed by atoms with Crippen LogP contribution in [0.3, 0.4) is 0 Å². The van der Waals surface area contributed by atoms with E-state index in [4.69, 9.17) is 9.15 Å². The lowest BCUT2D eigenvalue weighted by Crippen LogP contribution is -2.41. The zero-order valence-electron chi connectivity index (χ0n) is 14.6. The quantitative estimate of drug-likeness (QED) is 0.483. The SMILES string of the molecule is Cc1sc(C(=O)NNC(=O)c2ccc(COc3ccccc3)o2)cc1[N+](=O)[O-]. The molecule has 2 N–H and O–H groups in total. The number of furan rings is 1. The molecule has 0 aliphatic heterocycles. The second kappa shape index (κ2) is 8.35. The van der Waals surface area contributed by atoms with Gasteiger partial charge in [-0.2, -0.15) is 0 Å². The average molecular weight is 401 g/mol. The van der Waals surface area contributed by atoms with E-state index in [0.717, 1.165) is 17.4 Å². The Balaban J connectivity index is 1.53. The topological polar surface area (TPSA) is 124 Å². The standard InChI is InChI=1S/C18H15N3O6S/c1-11-14(21(24)25)9-16(28-11)18(23)20-19-17(22)15-8-7-13(27-15)10-26-12-5-3-2-4-6-12/h2-9H,10H2,1H3,(H,19,22)(H,20,23). The van der Waals surface area contributed by atoms with Crippen molar-refractivity contribution in [3.05, 3.63) is 79.9 Å². The molecule has 0 unspecified atom stereocenters. The third-order valence-electron chi connectivity index (χ3n) is 3.61. The van der Waals surface area contributed by atoms with Crippen molar-refractivity contribution in [2.24, 2.45) is 0 Å². The van der Waals surface area contributed by atoms with Gasteiger partial charge in [0.05, 0.1) is 9.80 Å². The minimum Gasteiger partial charge on any atom is -0.486 e. The van der Waals surface area contributed by atoms with Gasteiger partial charge in [-0.25, -0.2) is 0 Å². The number of amides is 2. The summed E-state index contributed by atoms with van der Waals surface area (Å²) in [6, 6.07) is 13.3. The number of para-hydroxylation sites is 1. The first-order valence-electron chi connectivity index (χ1n) is 8.06. The molecule has 0 atom stereocenters. The molecular weight excluding hydrogens is 386 g/mol. The Morgan fingerprint density at radius 2 is 1.86 bits per heavy atom. The summed E-state index contributed by atoms with van der Waals surface area (Å²) >= 11 is 0.962. The van der Waals surface area contributed by atoms with Gasteiger partial charge in [0.1, 0.15) is 23.0 Å². The Kier molecular flexibility index (Phi) is 5.70. The maximum absolute atomic E-state index is 12.1. The molecule has 1 aromatic carbocycles. The number of hydrogen-bond acceptors (Lipinski definition) is 7. The van der Waals surface area contributed by atoms with Crippen molar-refractivity contribution in [2.45, 2.75) is 13.5 Å². The molecule has 0 aliphatic carbocycles. The normalized spacial score (nSPS) is 10.3. The van der Waals surface area contributed by atoms with E-state index in [1.807, 2.05) is 18.2 Å². The Hall–Kier alpha value is -3.66. The number of ether oxygens (including phenoxy) is 1. The van der Waals surface area contributed by atoms with Crippen LogP contribution < -0.4 is 15.6 Å². The molecule has 0 saturated heterocycles. The van der Waals surface area contributed by atoms with Crippen LogP contribution in [0.25, 0.3) is 0 Å². The molecule has 10 heteroatoms. The monoisotopic (exact) mass is 401 g/mol. The van der Waals surface area contributed by atoms with Gasteiger partial charge in [-0.05, 0) is 31.2 Å². The highest BCUT2D eigenvalue weighted by Gasteiger charge is 2.20. The van der Waals surface area contributed by atoms with Crippen molar-refractivity contribution in [3.8, 4) is 5.75 Å². The van der Waals surface area contributed by atoms with Crippen molar-refractivity contribution in [3.63, 3.8) is 0 Å². The number of benzene rings is 1. The molecule has 2 amide bonds. The van der Waals surface area contributed by atoms with E-state index < -0.39 is 16.7 Å². The number of hydrazine groups is 1. The van der Waals surface area contributed by atoms with Crippen molar-refractivity contribution in [2.75, 3.05) is 0 Å². The van der Waals surface area contributed by atoms with Crippen molar-refractivity contribution in [1.29, 1.82) is 0 Å². The molecule has 0 fully saturated rings. The first-order valence-corrected chi connectivity index (χ1v) is 8.88. The van der Waals surface area contributed by atoms with Gasteiger partial charge in [0, 0.05) is 6.07 Å². The van der Waals surface area contributed by atoms with E-state index in [1.54, 1.807) is 25.1 Å².